The normalized spacial score (nSPS) is 26.0. The van der Waals surface area contributed by atoms with Gasteiger partial charge in [-0.2, -0.15) is 0 Å². The Morgan fingerprint density at radius 3 is 2.29 bits per heavy atom. The first-order chi connectivity index (χ1) is 10.1. The summed E-state index contributed by atoms with van der Waals surface area (Å²) < 4.78 is 26.7. The highest BCUT2D eigenvalue weighted by atomic mass is 19.1. The van der Waals surface area contributed by atoms with Gasteiger partial charge in [0.15, 0.2) is 0 Å². The maximum absolute atomic E-state index is 13.3. The van der Waals surface area contributed by atoms with Gasteiger partial charge in [-0.25, -0.2) is 8.78 Å². The van der Waals surface area contributed by atoms with E-state index < -0.39 is 11.6 Å². The van der Waals surface area contributed by atoms with Gasteiger partial charge in [-0.15, -0.1) is 0 Å². The van der Waals surface area contributed by atoms with Crippen LogP contribution in [0.25, 0.3) is 0 Å². The van der Waals surface area contributed by atoms with Crippen LogP contribution in [-0.2, 0) is 6.42 Å². The quantitative estimate of drug-likeness (QED) is 0.799. The average Bonchev–Trinajstić information content (AvgIpc) is 2.45. The number of benzene rings is 1. The fraction of sp³-hybridized carbons (Fsp3) is 0.667. The van der Waals surface area contributed by atoms with E-state index >= 15 is 0 Å². The molecular formula is C18H27F2N. The molecule has 0 heterocycles. The summed E-state index contributed by atoms with van der Waals surface area (Å²) in [6.07, 6.45) is 9.12. The number of hydrogen-bond donors (Lipinski definition) is 1. The zero-order chi connectivity index (χ0) is 15.3. The lowest BCUT2D eigenvalue weighted by molar-refractivity contribution is 0.149. The van der Waals surface area contributed by atoms with Crippen molar-refractivity contribution in [1.29, 1.82) is 0 Å². The highest BCUT2D eigenvalue weighted by Crippen LogP contribution is 2.42. The number of hydrogen-bond acceptors (Lipinski definition) is 1. The summed E-state index contributed by atoms with van der Waals surface area (Å²) in [5.74, 6) is -0.170. The molecule has 0 unspecified atom stereocenters. The average molecular weight is 295 g/mol. The molecule has 1 aliphatic carbocycles. The van der Waals surface area contributed by atoms with Gasteiger partial charge < -0.3 is 5.73 Å². The van der Waals surface area contributed by atoms with E-state index in [1.807, 2.05) is 0 Å². The molecule has 2 rings (SSSR count). The summed E-state index contributed by atoms with van der Waals surface area (Å²) in [6.45, 7) is 2.83. The van der Waals surface area contributed by atoms with Gasteiger partial charge in [0.1, 0.15) is 11.6 Å². The van der Waals surface area contributed by atoms with Crippen molar-refractivity contribution in [2.45, 2.75) is 58.3 Å². The van der Waals surface area contributed by atoms with Crippen molar-refractivity contribution in [3.8, 4) is 0 Å². The minimum atomic E-state index is -0.492. The van der Waals surface area contributed by atoms with Crippen LogP contribution in [0.1, 0.15) is 57.4 Å². The first-order valence-electron chi connectivity index (χ1n) is 8.22. The molecular weight excluding hydrogens is 268 g/mol. The van der Waals surface area contributed by atoms with Crippen molar-refractivity contribution < 1.29 is 8.78 Å². The molecule has 118 valence electrons. The van der Waals surface area contributed by atoms with Crippen LogP contribution in [-0.4, -0.2) is 6.54 Å². The molecule has 0 radical (unpaired) electrons. The van der Waals surface area contributed by atoms with E-state index in [-0.39, 0.29) is 5.41 Å². The summed E-state index contributed by atoms with van der Waals surface area (Å²) in [5.41, 5.74) is 6.79. The van der Waals surface area contributed by atoms with E-state index in [0.29, 0.717) is 13.0 Å². The van der Waals surface area contributed by atoms with Crippen molar-refractivity contribution in [2.24, 2.45) is 17.1 Å². The molecule has 1 aliphatic rings. The fourth-order valence-electron chi connectivity index (χ4n) is 3.67. The number of halogens is 2. The van der Waals surface area contributed by atoms with Crippen LogP contribution >= 0.6 is 0 Å². The molecule has 0 spiro atoms. The maximum atomic E-state index is 13.3. The zero-order valence-corrected chi connectivity index (χ0v) is 13.0. The first-order valence-corrected chi connectivity index (χ1v) is 8.22. The number of nitrogens with two attached hydrogens (primary N) is 1. The second-order valence-electron chi connectivity index (χ2n) is 6.74. The third kappa shape index (κ3) is 4.50. The second-order valence-corrected chi connectivity index (χ2v) is 6.74. The van der Waals surface area contributed by atoms with E-state index in [4.69, 9.17) is 5.73 Å². The molecule has 0 aromatic heterocycles. The molecule has 0 saturated heterocycles. The Morgan fingerprint density at radius 1 is 1.14 bits per heavy atom. The monoisotopic (exact) mass is 295 g/mol. The van der Waals surface area contributed by atoms with Gasteiger partial charge >= 0.3 is 0 Å². The van der Waals surface area contributed by atoms with Crippen LogP contribution in [0.3, 0.4) is 0 Å². The minimum absolute atomic E-state index is 0.0307. The van der Waals surface area contributed by atoms with E-state index in [2.05, 4.69) is 6.92 Å². The summed E-state index contributed by atoms with van der Waals surface area (Å²) >= 11 is 0. The Bertz CT molecular complexity index is 430. The van der Waals surface area contributed by atoms with Gasteiger partial charge in [0, 0.05) is 6.07 Å². The molecule has 2 N–H and O–H groups in total. The predicted octanol–water partition coefficient (Wildman–Crippen LogP) is 4.83. The van der Waals surface area contributed by atoms with Crippen molar-refractivity contribution in [2.75, 3.05) is 6.54 Å². The molecule has 0 amide bonds. The third-order valence-corrected chi connectivity index (χ3v) is 5.07. The van der Waals surface area contributed by atoms with Gasteiger partial charge in [-0.1, -0.05) is 26.2 Å². The van der Waals surface area contributed by atoms with Crippen molar-refractivity contribution in [1.82, 2.24) is 0 Å². The second kappa shape index (κ2) is 7.35. The number of unbranched alkanes of at least 4 members (excludes halogenated alkanes) is 1. The molecule has 3 heteroatoms. The number of rotatable bonds is 6. The zero-order valence-electron chi connectivity index (χ0n) is 13.0. The van der Waals surface area contributed by atoms with Gasteiger partial charge in [0.2, 0.25) is 0 Å². The molecule has 0 atom stereocenters. The smallest absolute Gasteiger partial charge is 0.126 e. The van der Waals surface area contributed by atoms with E-state index in [1.54, 1.807) is 0 Å². The summed E-state index contributed by atoms with van der Waals surface area (Å²) in [6, 6.07) is 3.83. The van der Waals surface area contributed by atoms with Crippen LogP contribution in [0, 0.1) is 23.0 Å². The lowest BCUT2D eigenvalue weighted by atomic mass is 9.66. The van der Waals surface area contributed by atoms with E-state index in [1.165, 1.54) is 44.2 Å². The van der Waals surface area contributed by atoms with Crippen LogP contribution in [0.2, 0.25) is 0 Å². The van der Waals surface area contributed by atoms with Gasteiger partial charge in [0.05, 0.1) is 0 Å². The highest BCUT2D eigenvalue weighted by molar-refractivity contribution is 5.20. The van der Waals surface area contributed by atoms with Crippen LogP contribution in [0.4, 0.5) is 8.78 Å². The fourth-order valence-corrected chi connectivity index (χ4v) is 3.67. The topological polar surface area (TPSA) is 26.0 Å². The molecule has 1 saturated carbocycles. The van der Waals surface area contributed by atoms with Crippen molar-refractivity contribution in [3.05, 3.63) is 35.4 Å². The highest BCUT2D eigenvalue weighted by Gasteiger charge is 2.34. The van der Waals surface area contributed by atoms with Crippen LogP contribution < -0.4 is 5.73 Å². The Balaban J connectivity index is 1.99. The first kappa shape index (κ1) is 16.4. The maximum Gasteiger partial charge on any atom is 0.126 e. The molecule has 0 aliphatic heterocycles. The lowest BCUT2D eigenvalue weighted by Crippen LogP contribution is -2.37. The molecule has 1 fully saturated rings. The molecule has 1 aromatic rings. The van der Waals surface area contributed by atoms with Gasteiger partial charge in [0.25, 0.3) is 0 Å². The SMILES string of the molecule is CCCCC1CCC(CN)(Cc2cc(F)cc(F)c2)CC1. The summed E-state index contributed by atoms with van der Waals surface area (Å²) in [7, 11) is 0. The third-order valence-electron chi connectivity index (χ3n) is 5.07. The molecule has 21 heavy (non-hydrogen) atoms. The van der Waals surface area contributed by atoms with Crippen LogP contribution in [0.5, 0.6) is 0 Å². The largest absolute Gasteiger partial charge is 0.330 e. The molecule has 0 bridgehead atoms. The van der Waals surface area contributed by atoms with Crippen molar-refractivity contribution >= 4 is 0 Å². The Labute approximate surface area is 126 Å². The van der Waals surface area contributed by atoms with Crippen molar-refractivity contribution in [3.63, 3.8) is 0 Å². The Morgan fingerprint density at radius 2 is 1.76 bits per heavy atom. The van der Waals surface area contributed by atoms with Gasteiger partial charge in [-0.3, -0.25) is 0 Å². The minimum Gasteiger partial charge on any atom is -0.330 e. The predicted molar refractivity (Wildman–Crippen MR) is 83.0 cm³/mol. The molecule has 1 nitrogen and oxygen atoms in total. The summed E-state index contributed by atoms with van der Waals surface area (Å²) in [4.78, 5) is 0. The molecule has 1 aromatic carbocycles. The standard InChI is InChI=1S/C18H27F2N/c1-2-3-4-14-5-7-18(13-21,8-6-14)12-15-9-16(19)11-17(20)10-15/h9-11,14H,2-8,12-13,21H2,1H3. The van der Waals surface area contributed by atoms with Gasteiger partial charge in [-0.05, 0) is 67.7 Å². The Hall–Kier alpha value is -0.960. The van der Waals surface area contributed by atoms with E-state index in [9.17, 15) is 8.78 Å². The van der Waals surface area contributed by atoms with Crippen LogP contribution in [0.15, 0.2) is 18.2 Å². The lowest BCUT2D eigenvalue weighted by Gasteiger charge is -2.40. The Kier molecular flexibility index (Phi) is 5.74. The summed E-state index contributed by atoms with van der Waals surface area (Å²) in [5, 5.41) is 0. The van der Waals surface area contributed by atoms with E-state index in [0.717, 1.165) is 30.4 Å².